The molecule has 1 aliphatic heterocycles. The number of carbonyl (C=O) groups is 3. The molecule has 2 aliphatic carbocycles. The summed E-state index contributed by atoms with van der Waals surface area (Å²) in [5.74, 6) is 0.320. The first kappa shape index (κ1) is 19.9. The standard InChI is InChI=1S/C23H31N3O3/c1-3-16-9-11-18(12-10-16)26(19-13-14-19)20(27)15-25-21(28)23(2,24-22(25)29)17-7-5-4-6-8-17/h4-8,16,18-19H,3,9-15H2,1-2H3,(H,24,29). The van der Waals surface area contributed by atoms with Crippen LogP contribution in [0.15, 0.2) is 30.3 Å². The van der Waals surface area contributed by atoms with Crippen LogP contribution >= 0.6 is 0 Å². The fourth-order valence-electron chi connectivity index (χ4n) is 4.91. The van der Waals surface area contributed by atoms with Crippen LogP contribution in [0.3, 0.4) is 0 Å². The predicted octanol–water partition coefficient (Wildman–Crippen LogP) is 3.41. The van der Waals surface area contributed by atoms with Gasteiger partial charge in [-0.3, -0.25) is 14.5 Å². The average Bonchev–Trinajstić information content (AvgIpc) is 3.54. The van der Waals surface area contributed by atoms with Crippen molar-refractivity contribution in [2.45, 2.75) is 76.4 Å². The van der Waals surface area contributed by atoms with Crippen LogP contribution in [0.25, 0.3) is 0 Å². The summed E-state index contributed by atoms with van der Waals surface area (Å²) in [4.78, 5) is 42.0. The molecule has 3 fully saturated rings. The maximum Gasteiger partial charge on any atom is 0.325 e. The number of hydrogen-bond donors (Lipinski definition) is 1. The lowest BCUT2D eigenvalue weighted by Crippen LogP contribution is -2.49. The smallest absolute Gasteiger partial charge is 0.325 e. The van der Waals surface area contributed by atoms with E-state index in [1.54, 1.807) is 6.92 Å². The quantitative estimate of drug-likeness (QED) is 0.748. The number of rotatable bonds is 6. The lowest BCUT2D eigenvalue weighted by molar-refractivity contribution is -0.141. The molecule has 0 radical (unpaired) electrons. The second kappa shape index (κ2) is 7.81. The van der Waals surface area contributed by atoms with Crippen molar-refractivity contribution in [2.24, 2.45) is 5.92 Å². The van der Waals surface area contributed by atoms with Gasteiger partial charge in [0.15, 0.2) is 0 Å². The van der Waals surface area contributed by atoms with Gasteiger partial charge in [-0.25, -0.2) is 4.79 Å². The van der Waals surface area contributed by atoms with Gasteiger partial charge in [0.05, 0.1) is 0 Å². The van der Waals surface area contributed by atoms with E-state index in [0.717, 1.165) is 54.9 Å². The van der Waals surface area contributed by atoms with Crippen LogP contribution in [0.2, 0.25) is 0 Å². The highest BCUT2D eigenvalue weighted by Gasteiger charge is 2.50. The fraction of sp³-hybridized carbons (Fsp3) is 0.609. The molecule has 1 N–H and O–H groups in total. The van der Waals surface area contributed by atoms with E-state index in [2.05, 4.69) is 12.2 Å². The Balaban J connectivity index is 1.47. The summed E-state index contributed by atoms with van der Waals surface area (Å²) in [6.07, 6.45) is 7.64. The normalized spacial score (nSPS) is 29.7. The number of amides is 4. The first-order valence-electron chi connectivity index (χ1n) is 10.9. The summed E-state index contributed by atoms with van der Waals surface area (Å²) in [6, 6.07) is 9.25. The Hall–Kier alpha value is -2.37. The summed E-state index contributed by atoms with van der Waals surface area (Å²) in [6.45, 7) is 3.77. The van der Waals surface area contributed by atoms with Crippen molar-refractivity contribution in [3.8, 4) is 0 Å². The van der Waals surface area contributed by atoms with Gasteiger partial charge in [0.25, 0.3) is 5.91 Å². The van der Waals surface area contributed by atoms with Gasteiger partial charge in [0.2, 0.25) is 5.91 Å². The van der Waals surface area contributed by atoms with Gasteiger partial charge in [0, 0.05) is 12.1 Å². The number of imide groups is 1. The summed E-state index contributed by atoms with van der Waals surface area (Å²) < 4.78 is 0. The van der Waals surface area contributed by atoms with E-state index in [4.69, 9.17) is 0 Å². The molecular weight excluding hydrogens is 366 g/mol. The minimum atomic E-state index is -1.12. The van der Waals surface area contributed by atoms with E-state index in [9.17, 15) is 14.4 Å². The van der Waals surface area contributed by atoms with Crippen molar-refractivity contribution in [2.75, 3.05) is 6.54 Å². The van der Waals surface area contributed by atoms with Crippen molar-refractivity contribution in [1.82, 2.24) is 15.1 Å². The van der Waals surface area contributed by atoms with Gasteiger partial charge in [-0.05, 0) is 56.9 Å². The molecule has 1 aromatic carbocycles. The van der Waals surface area contributed by atoms with Gasteiger partial charge in [-0.2, -0.15) is 0 Å². The summed E-state index contributed by atoms with van der Waals surface area (Å²) in [7, 11) is 0. The fourth-order valence-corrected chi connectivity index (χ4v) is 4.91. The summed E-state index contributed by atoms with van der Waals surface area (Å²) in [5.41, 5.74) is -0.396. The summed E-state index contributed by atoms with van der Waals surface area (Å²) >= 11 is 0. The zero-order valence-electron chi connectivity index (χ0n) is 17.4. The maximum atomic E-state index is 13.2. The molecule has 156 valence electrons. The van der Waals surface area contributed by atoms with Gasteiger partial charge >= 0.3 is 6.03 Å². The highest BCUT2D eigenvalue weighted by molar-refractivity contribution is 6.09. The predicted molar refractivity (Wildman–Crippen MR) is 110 cm³/mol. The summed E-state index contributed by atoms with van der Waals surface area (Å²) in [5, 5.41) is 2.80. The molecule has 4 amide bonds. The van der Waals surface area contributed by atoms with Crippen molar-refractivity contribution in [3.63, 3.8) is 0 Å². The van der Waals surface area contributed by atoms with Gasteiger partial charge in [-0.1, -0.05) is 43.7 Å². The molecule has 3 aliphatic rings. The van der Waals surface area contributed by atoms with E-state index in [1.807, 2.05) is 35.2 Å². The lowest BCUT2D eigenvalue weighted by atomic mass is 9.84. The molecule has 2 saturated carbocycles. The molecule has 0 bridgehead atoms. The molecule has 1 heterocycles. The van der Waals surface area contributed by atoms with Crippen LogP contribution < -0.4 is 5.32 Å². The third-order valence-electron chi connectivity index (χ3n) is 6.93. The molecule has 6 heteroatoms. The van der Waals surface area contributed by atoms with Crippen LogP contribution in [0, 0.1) is 5.92 Å². The number of benzene rings is 1. The molecule has 4 rings (SSSR count). The van der Waals surface area contributed by atoms with Crippen molar-refractivity contribution in [3.05, 3.63) is 35.9 Å². The van der Waals surface area contributed by atoms with E-state index in [1.165, 1.54) is 6.42 Å². The molecule has 1 aromatic rings. The molecule has 29 heavy (non-hydrogen) atoms. The number of carbonyl (C=O) groups excluding carboxylic acids is 3. The highest BCUT2D eigenvalue weighted by atomic mass is 16.2. The third kappa shape index (κ3) is 3.77. The monoisotopic (exact) mass is 397 g/mol. The minimum absolute atomic E-state index is 0.0896. The number of nitrogens with zero attached hydrogens (tertiary/aromatic N) is 2. The van der Waals surface area contributed by atoms with Gasteiger partial charge in [0.1, 0.15) is 12.1 Å². The van der Waals surface area contributed by atoms with Crippen molar-refractivity contribution < 1.29 is 14.4 Å². The molecule has 6 nitrogen and oxygen atoms in total. The maximum absolute atomic E-state index is 13.2. The Morgan fingerprint density at radius 3 is 2.21 bits per heavy atom. The van der Waals surface area contributed by atoms with E-state index in [-0.39, 0.29) is 30.4 Å². The highest BCUT2D eigenvalue weighted by Crippen LogP contribution is 2.37. The number of urea groups is 1. The molecule has 1 unspecified atom stereocenters. The number of hydrogen-bond acceptors (Lipinski definition) is 3. The second-order valence-electron chi connectivity index (χ2n) is 8.93. The zero-order valence-corrected chi connectivity index (χ0v) is 17.4. The van der Waals surface area contributed by atoms with E-state index in [0.29, 0.717) is 0 Å². The van der Waals surface area contributed by atoms with Gasteiger partial charge in [-0.15, -0.1) is 0 Å². The molecular formula is C23H31N3O3. The average molecular weight is 398 g/mol. The SMILES string of the molecule is CCC1CCC(N(C(=O)CN2C(=O)NC(C)(c3ccccc3)C2=O)C2CC2)CC1. The van der Waals surface area contributed by atoms with Crippen LogP contribution in [-0.2, 0) is 15.1 Å². The molecule has 1 saturated heterocycles. The first-order chi connectivity index (χ1) is 13.9. The number of nitrogens with one attached hydrogen (secondary N) is 1. The Morgan fingerprint density at radius 1 is 1.07 bits per heavy atom. The molecule has 0 aromatic heterocycles. The second-order valence-corrected chi connectivity index (χ2v) is 8.93. The van der Waals surface area contributed by atoms with Crippen molar-refractivity contribution >= 4 is 17.8 Å². The van der Waals surface area contributed by atoms with Crippen LogP contribution in [-0.4, -0.2) is 46.3 Å². The Morgan fingerprint density at radius 2 is 1.66 bits per heavy atom. The van der Waals surface area contributed by atoms with Gasteiger partial charge < -0.3 is 10.2 Å². The van der Waals surface area contributed by atoms with Crippen LogP contribution in [0.4, 0.5) is 4.79 Å². The lowest BCUT2D eigenvalue weighted by Gasteiger charge is -2.37. The molecule has 0 spiro atoms. The third-order valence-corrected chi connectivity index (χ3v) is 6.93. The van der Waals surface area contributed by atoms with Crippen LogP contribution in [0.5, 0.6) is 0 Å². The first-order valence-corrected chi connectivity index (χ1v) is 10.9. The Bertz CT molecular complexity index is 784. The Kier molecular flexibility index (Phi) is 5.36. The topological polar surface area (TPSA) is 69.7 Å². The van der Waals surface area contributed by atoms with E-state index < -0.39 is 11.6 Å². The Labute approximate surface area is 172 Å². The molecule has 1 atom stereocenters. The van der Waals surface area contributed by atoms with E-state index >= 15 is 0 Å². The van der Waals surface area contributed by atoms with Crippen LogP contribution in [0.1, 0.15) is 64.4 Å². The van der Waals surface area contributed by atoms with Crippen molar-refractivity contribution in [1.29, 1.82) is 0 Å². The minimum Gasteiger partial charge on any atom is -0.335 e. The largest absolute Gasteiger partial charge is 0.335 e. The zero-order chi connectivity index (χ0) is 20.6.